The summed E-state index contributed by atoms with van der Waals surface area (Å²) in [5.41, 5.74) is 1.44. The Kier molecular flexibility index (Phi) is 7.39. The molecule has 1 aliphatic carbocycles. The SMILES string of the molecule is C[C@@H](CN1C(=O)c2cc(C(C)(C)C)nn2C[C@]1(C)C(=O)NC1CCCCCCC1)c1ccccc1. The lowest BCUT2D eigenvalue weighted by Gasteiger charge is -2.45. The molecular weight excluding hydrogens is 436 g/mol. The number of aromatic nitrogens is 2. The van der Waals surface area contributed by atoms with Crippen LogP contribution in [0.3, 0.4) is 0 Å². The summed E-state index contributed by atoms with van der Waals surface area (Å²) in [7, 11) is 0. The summed E-state index contributed by atoms with van der Waals surface area (Å²) in [5.74, 6) is -0.0716. The predicted octanol–water partition coefficient (Wildman–Crippen LogP) is 5.43. The van der Waals surface area contributed by atoms with Gasteiger partial charge in [0.25, 0.3) is 5.91 Å². The minimum absolute atomic E-state index is 0.0601. The van der Waals surface area contributed by atoms with Crippen LogP contribution in [0.5, 0.6) is 0 Å². The Labute approximate surface area is 210 Å². The number of hydrogen-bond donors (Lipinski definition) is 1. The van der Waals surface area contributed by atoms with Crippen LogP contribution in [0.1, 0.15) is 107 Å². The molecule has 2 aromatic rings. The summed E-state index contributed by atoms with van der Waals surface area (Å²) in [6.45, 7) is 11.2. The summed E-state index contributed by atoms with van der Waals surface area (Å²) >= 11 is 0. The number of rotatable bonds is 5. The van der Waals surface area contributed by atoms with E-state index in [0.717, 1.165) is 36.9 Å². The molecule has 1 saturated carbocycles. The molecule has 2 atom stereocenters. The number of amides is 2. The van der Waals surface area contributed by atoms with Gasteiger partial charge in [0, 0.05) is 18.0 Å². The molecule has 1 aromatic carbocycles. The highest BCUT2D eigenvalue weighted by molar-refractivity contribution is 5.99. The van der Waals surface area contributed by atoms with Gasteiger partial charge in [0.05, 0.1) is 12.2 Å². The molecule has 1 aromatic heterocycles. The summed E-state index contributed by atoms with van der Waals surface area (Å²) in [6, 6.07) is 12.3. The van der Waals surface area contributed by atoms with Crippen LogP contribution in [0.2, 0.25) is 0 Å². The van der Waals surface area contributed by atoms with Crippen molar-refractivity contribution < 1.29 is 9.59 Å². The monoisotopic (exact) mass is 478 g/mol. The van der Waals surface area contributed by atoms with Gasteiger partial charge in [-0.15, -0.1) is 0 Å². The van der Waals surface area contributed by atoms with Gasteiger partial charge in [-0.25, -0.2) is 0 Å². The number of carbonyl (C=O) groups is 2. The van der Waals surface area contributed by atoms with Crippen molar-refractivity contribution in [2.24, 2.45) is 0 Å². The van der Waals surface area contributed by atoms with E-state index in [-0.39, 0.29) is 29.2 Å². The predicted molar refractivity (Wildman–Crippen MR) is 139 cm³/mol. The number of hydrogen-bond acceptors (Lipinski definition) is 3. The molecule has 2 aliphatic rings. The molecule has 0 unspecified atom stereocenters. The third kappa shape index (κ3) is 5.46. The second kappa shape index (κ2) is 10.2. The summed E-state index contributed by atoms with van der Waals surface area (Å²) in [5, 5.41) is 8.14. The lowest BCUT2D eigenvalue weighted by atomic mass is 9.89. The van der Waals surface area contributed by atoms with Gasteiger partial charge in [0.2, 0.25) is 5.91 Å². The van der Waals surface area contributed by atoms with Crippen molar-refractivity contribution in [1.82, 2.24) is 20.0 Å². The molecule has 4 rings (SSSR count). The van der Waals surface area contributed by atoms with Gasteiger partial charge < -0.3 is 10.2 Å². The van der Waals surface area contributed by atoms with E-state index in [4.69, 9.17) is 5.10 Å². The molecule has 2 heterocycles. The third-order valence-electron chi connectivity index (χ3n) is 7.82. The first kappa shape index (κ1) is 25.5. The standard InChI is InChI=1S/C29H42N4O2/c1-21(22-14-10-9-11-15-22)19-32-26(34)24-18-25(28(2,3)4)31-33(24)20-29(32,5)27(35)30-23-16-12-7-6-8-13-17-23/h9-11,14-15,18,21,23H,6-8,12-13,16-17,19-20H2,1-5H3,(H,30,35)/t21-,29+/m0/s1. The molecule has 0 saturated heterocycles. The molecule has 6 heteroatoms. The highest BCUT2D eigenvalue weighted by Crippen LogP contribution is 2.33. The minimum atomic E-state index is -1.00. The number of carbonyl (C=O) groups excluding carboxylic acids is 2. The van der Waals surface area contributed by atoms with Crippen molar-refractivity contribution in [2.45, 2.75) is 109 Å². The molecule has 6 nitrogen and oxygen atoms in total. The van der Waals surface area contributed by atoms with Gasteiger partial charge >= 0.3 is 0 Å². The van der Waals surface area contributed by atoms with Crippen LogP contribution in [0.4, 0.5) is 0 Å². The lowest BCUT2D eigenvalue weighted by molar-refractivity contribution is -0.134. The van der Waals surface area contributed by atoms with Gasteiger partial charge in [0.15, 0.2) is 0 Å². The first-order valence-electron chi connectivity index (χ1n) is 13.4. The molecular formula is C29H42N4O2. The van der Waals surface area contributed by atoms with Crippen LogP contribution in [-0.4, -0.2) is 44.6 Å². The van der Waals surface area contributed by atoms with E-state index in [9.17, 15) is 9.59 Å². The molecule has 0 spiro atoms. The zero-order valence-electron chi connectivity index (χ0n) is 22.1. The van der Waals surface area contributed by atoms with E-state index < -0.39 is 5.54 Å². The first-order chi connectivity index (χ1) is 16.6. The molecule has 2 amide bonds. The maximum Gasteiger partial charge on any atom is 0.273 e. The van der Waals surface area contributed by atoms with Gasteiger partial charge in [-0.1, -0.05) is 90.1 Å². The van der Waals surface area contributed by atoms with E-state index in [0.29, 0.717) is 18.8 Å². The van der Waals surface area contributed by atoms with E-state index >= 15 is 0 Å². The number of nitrogens with one attached hydrogen (secondary N) is 1. The van der Waals surface area contributed by atoms with Gasteiger partial charge in [-0.2, -0.15) is 5.10 Å². The van der Waals surface area contributed by atoms with Crippen molar-refractivity contribution >= 4 is 11.8 Å². The van der Waals surface area contributed by atoms with Gasteiger partial charge in [-0.3, -0.25) is 14.3 Å². The Balaban J connectivity index is 1.65. The Morgan fingerprint density at radius 3 is 2.37 bits per heavy atom. The van der Waals surface area contributed by atoms with Crippen LogP contribution < -0.4 is 5.32 Å². The molecule has 190 valence electrons. The topological polar surface area (TPSA) is 67.2 Å². The van der Waals surface area contributed by atoms with Crippen LogP contribution in [0, 0.1) is 0 Å². The minimum Gasteiger partial charge on any atom is -0.351 e. The van der Waals surface area contributed by atoms with Crippen LogP contribution >= 0.6 is 0 Å². The second-order valence-corrected chi connectivity index (χ2v) is 11.8. The summed E-state index contributed by atoms with van der Waals surface area (Å²) in [4.78, 5) is 29.7. The van der Waals surface area contributed by atoms with Gasteiger partial charge in [0.1, 0.15) is 11.2 Å². The zero-order valence-corrected chi connectivity index (χ0v) is 22.1. The summed E-state index contributed by atoms with van der Waals surface area (Å²) < 4.78 is 1.77. The Hall–Kier alpha value is -2.63. The molecule has 1 aliphatic heterocycles. The largest absolute Gasteiger partial charge is 0.351 e. The Morgan fingerprint density at radius 1 is 1.11 bits per heavy atom. The maximum absolute atomic E-state index is 13.9. The highest BCUT2D eigenvalue weighted by Gasteiger charge is 2.49. The van der Waals surface area contributed by atoms with Crippen LogP contribution in [-0.2, 0) is 16.8 Å². The van der Waals surface area contributed by atoms with E-state index in [1.807, 2.05) is 36.1 Å². The second-order valence-electron chi connectivity index (χ2n) is 11.8. The van der Waals surface area contributed by atoms with Gasteiger partial charge in [-0.05, 0) is 37.3 Å². The van der Waals surface area contributed by atoms with E-state index in [1.165, 1.54) is 19.3 Å². The zero-order chi connectivity index (χ0) is 25.2. The molecule has 35 heavy (non-hydrogen) atoms. The molecule has 0 bridgehead atoms. The Morgan fingerprint density at radius 2 is 1.74 bits per heavy atom. The quantitative estimate of drug-likeness (QED) is 0.623. The van der Waals surface area contributed by atoms with Crippen molar-refractivity contribution in [2.75, 3.05) is 6.54 Å². The maximum atomic E-state index is 13.9. The highest BCUT2D eigenvalue weighted by atomic mass is 16.2. The number of fused-ring (bicyclic) bond motifs is 1. The van der Waals surface area contributed by atoms with Crippen molar-refractivity contribution in [3.8, 4) is 0 Å². The van der Waals surface area contributed by atoms with Crippen molar-refractivity contribution in [3.63, 3.8) is 0 Å². The number of benzene rings is 1. The normalized spacial score (nSPS) is 22.8. The average Bonchev–Trinajstić information content (AvgIpc) is 3.23. The fraction of sp³-hybridized carbons (Fsp3) is 0.621. The average molecular weight is 479 g/mol. The van der Waals surface area contributed by atoms with Crippen LogP contribution in [0.15, 0.2) is 36.4 Å². The first-order valence-corrected chi connectivity index (χ1v) is 13.4. The fourth-order valence-electron chi connectivity index (χ4n) is 5.40. The third-order valence-corrected chi connectivity index (χ3v) is 7.82. The Bertz CT molecular complexity index is 1030. The molecule has 1 fully saturated rings. The van der Waals surface area contributed by atoms with E-state index in [2.05, 4.69) is 45.1 Å². The molecule has 0 radical (unpaired) electrons. The van der Waals surface area contributed by atoms with Crippen LogP contribution in [0.25, 0.3) is 0 Å². The van der Waals surface area contributed by atoms with Crippen molar-refractivity contribution in [1.29, 1.82) is 0 Å². The molecule has 1 N–H and O–H groups in total. The summed E-state index contributed by atoms with van der Waals surface area (Å²) in [6.07, 6.45) is 8.07. The number of nitrogens with zero attached hydrogens (tertiary/aromatic N) is 3. The lowest BCUT2D eigenvalue weighted by Crippen LogP contribution is -2.65. The van der Waals surface area contributed by atoms with E-state index in [1.54, 1.807) is 4.68 Å². The fourth-order valence-corrected chi connectivity index (χ4v) is 5.40. The smallest absolute Gasteiger partial charge is 0.273 e. The van der Waals surface area contributed by atoms with Crippen molar-refractivity contribution in [3.05, 3.63) is 53.3 Å².